The van der Waals surface area contributed by atoms with Crippen LogP contribution >= 0.6 is 23.2 Å². The summed E-state index contributed by atoms with van der Waals surface area (Å²) in [5.41, 5.74) is 6.96. The number of aliphatic hydroxyl groups is 1. The van der Waals surface area contributed by atoms with E-state index in [2.05, 4.69) is 26.9 Å². The highest BCUT2D eigenvalue weighted by Gasteiger charge is 2.66. The van der Waals surface area contributed by atoms with Crippen molar-refractivity contribution < 1.29 is 83.7 Å². The van der Waals surface area contributed by atoms with Crippen LogP contribution in [0.3, 0.4) is 0 Å². The highest BCUT2D eigenvalue weighted by atomic mass is 35.5. The first-order valence-electron chi connectivity index (χ1n) is 39.3. The largest absolute Gasteiger partial charge is 0.494 e. The van der Waals surface area contributed by atoms with Gasteiger partial charge in [0, 0.05) is 35.4 Å². The number of hydrogen-bond donors (Lipinski definition) is 1. The molecule has 12 rings (SSSR count). The SMILES string of the molecule is [2H]C([2H])([2H])Oc1ccc(Cc2cc([C@]3(OC)O[C@H](COC(CO)C(C)(C)[Si](C)(C)[C@H]4O[C@@](OC)(c5ccc(Cl)c(Cc6ccc(OC([2H])([2H])[2H])c(F)c6)c5)[C@H](OCc5ccccc5)[C@@H](OCc5ccccc5)[C@@H]4OCc4ccccc4)[C@@H](OCc4ccccc4)[C@H](OCc4ccccc4)[C@H]3OCc3ccccc3)ccc2Cl)cc1F. The van der Waals surface area contributed by atoms with Gasteiger partial charge in [0.15, 0.2) is 23.1 Å². The van der Waals surface area contributed by atoms with Crippen molar-refractivity contribution in [2.45, 2.75) is 151 Å². The van der Waals surface area contributed by atoms with Crippen molar-refractivity contribution in [1.82, 2.24) is 0 Å². The number of methoxy groups -OCH3 is 4. The minimum atomic E-state index is -3.54. The van der Waals surface area contributed by atoms with E-state index >= 15 is 8.78 Å². The Labute approximate surface area is 658 Å². The normalized spacial score (nSPS) is 23.0. The molecular formula is C90H96Cl2F2O14Si. The maximum atomic E-state index is 15.8. The molecule has 19 heteroatoms. The summed E-state index contributed by atoms with van der Waals surface area (Å²) in [6.07, 6.45) is -8.42. The van der Waals surface area contributed by atoms with Crippen molar-refractivity contribution in [3.05, 3.63) is 343 Å². The summed E-state index contributed by atoms with van der Waals surface area (Å²) < 4.78 is 168. The van der Waals surface area contributed by atoms with Crippen molar-refractivity contribution in [2.24, 2.45) is 0 Å². The highest BCUT2D eigenvalue weighted by molar-refractivity contribution is 6.81. The van der Waals surface area contributed by atoms with Crippen molar-refractivity contribution >= 4 is 31.3 Å². The van der Waals surface area contributed by atoms with Gasteiger partial charge in [-0.1, -0.05) is 256 Å². The number of aliphatic hydroxyl groups excluding tert-OH is 1. The first-order chi connectivity index (χ1) is 55.2. The van der Waals surface area contributed by atoms with Crippen LogP contribution in [-0.4, -0.2) is 109 Å². The van der Waals surface area contributed by atoms with Crippen LogP contribution in [0, 0.1) is 11.6 Å². The van der Waals surface area contributed by atoms with E-state index in [-0.39, 0.29) is 59.1 Å². The lowest BCUT2D eigenvalue weighted by Crippen LogP contribution is -2.73. The number of ether oxygens (including phenoxy) is 13. The second-order valence-corrected chi connectivity index (χ2v) is 34.7. The summed E-state index contributed by atoms with van der Waals surface area (Å²) in [6, 6.07) is 77.0. The molecule has 11 atom stereocenters. The Balaban J connectivity index is 0.978. The molecule has 109 heavy (non-hydrogen) atoms. The van der Waals surface area contributed by atoms with Gasteiger partial charge < -0.3 is 66.7 Å². The van der Waals surface area contributed by atoms with Gasteiger partial charge in [-0.25, -0.2) is 8.78 Å². The second kappa shape index (κ2) is 37.3. The fourth-order valence-electron chi connectivity index (χ4n) is 14.6. The van der Waals surface area contributed by atoms with Gasteiger partial charge in [-0.2, -0.15) is 0 Å². The summed E-state index contributed by atoms with van der Waals surface area (Å²) in [6.45, 7) is 8.08. The third-order valence-electron chi connectivity index (χ3n) is 21.3. The fraction of sp³-hybridized carbons (Fsp3) is 0.333. The fourth-order valence-corrected chi connectivity index (χ4v) is 18.2. The van der Waals surface area contributed by atoms with Crippen molar-refractivity contribution in [3.63, 3.8) is 0 Å². The van der Waals surface area contributed by atoms with E-state index in [1.54, 1.807) is 43.5 Å². The monoisotopic (exact) mass is 1540 g/mol. The quantitative estimate of drug-likeness (QED) is 0.0377. The maximum absolute atomic E-state index is 15.8. The smallest absolute Gasteiger partial charge is 0.225 e. The van der Waals surface area contributed by atoms with Crippen molar-refractivity contribution in [1.29, 1.82) is 0 Å². The Bertz CT molecular complexity index is 4750. The third-order valence-corrected chi connectivity index (χ3v) is 27.5. The molecule has 0 aromatic heterocycles. The molecule has 0 bridgehead atoms. The van der Waals surface area contributed by atoms with E-state index in [4.69, 9.17) is 93.0 Å². The topological polar surface area (TPSA) is 140 Å². The van der Waals surface area contributed by atoms with E-state index in [1.807, 2.05) is 194 Å². The Morgan fingerprint density at radius 1 is 0.450 bits per heavy atom. The van der Waals surface area contributed by atoms with Crippen LogP contribution in [0.25, 0.3) is 0 Å². The molecular weight excluding hydrogens is 1440 g/mol. The number of benzene rings is 10. The minimum Gasteiger partial charge on any atom is -0.494 e. The van der Waals surface area contributed by atoms with Crippen LogP contribution in [0.2, 0.25) is 28.2 Å². The molecule has 0 aliphatic carbocycles. The predicted octanol–water partition coefficient (Wildman–Crippen LogP) is 18.5. The average molecular weight is 1540 g/mol. The number of halogens is 4. The van der Waals surface area contributed by atoms with Gasteiger partial charge in [-0.15, -0.1) is 0 Å². The van der Waals surface area contributed by atoms with Gasteiger partial charge >= 0.3 is 0 Å². The lowest BCUT2D eigenvalue weighted by atomic mass is 9.86. The van der Waals surface area contributed by atoms with Crippen molar-refractivity contribution in [2.75, 3.05) is 41.5 Å². The Morgan fingerprint density at radius 2 is 0.798 bits per heavy atom. The maximum Gasteiger partial charge on any atom is 0.225 e. The van der Waals surface area contributed by atoms with Crippen LogP contribution in [0.15, 0.2) is 255 Å². The molecule has 10 aromatic rings. The summed E-state index contributed by atoms with van der Waals surface area (Å²) in [5.74, 6) is -6.43. The molecule has 2 heterocycles. The van der Waals surface area contributed by atoms with E-state index in [9.17, 15) is 5.11 Å². The van der Waals surface area contributed by atoms with Gasteiger partial charge in [0.05, 0.1) is 95.1 Å². The van der Waals surface area contributed by atoms with Crippen LogP contribution in [0.4, 0.5) is 8.78 Å². The van der Waals surface area contributed by atoms with Crippen LogP contribution in [-0.2, 0) is 116 Å². The van der Waals surface area contributed by atoms with Gasteiger partial charge in [0.25, 0.3) is 0 Å². The van der Waals surface area contributed by atoms with E-state index in [0.29, 0.717) is 43.4 Å². The molecule has 1 N–H and O–H groups in total. The lowest BCUT2D eigenvalue weighted by molar-refractivity contribution is -0.386. The molecule has 1 unspecified atom stereocenters. The molecule has 0 spiro atoms. The molecule has 10 aromatic carbocycles. The summed E-state index contributed by atoms with van der Waals surface area (Å²) in [7, 11) is -6.27. The number of rotatable bonds is 35. The summed E-state index contributed by atoms with van der Waals surface area (Å²) in [4.78, 5) is 0. The zero-order chi connectivity index (χ0) is 81.6. The molecule has 0 amide bonds. The van der Waals surface area contributed by atoms with Gasteiger partial charge in [-0.3, -0.25) is 0 Å². The molecule has 2 fully saturated rings. The summed E-state index contributed by atoms with van der Waals surface area (Å²) >= 11 is 14.3. The third kappa shape index (κ3) is 18.8. The van der Waals surface area contributed by atoms with Crippen LogP contribution in [0.1, 0.15) is 88.8 Å². The zero-order valence-corrected chi connectivity index (χ0v) is 64.3. The molecule has 2 aliphatic heterocycles. The van der Waals surface area contributed by atoms with E-state index in [0.717, 1.165) is 33.4 Å². The van der Waals surface area contributed by atoms with Gasteiger partial charge in [-0.05, 0) is 122 Å². The van der Waals surface area contributed by atoms with Crippen LogP contribution in [0.5, 0.6) is 11.5 Å². The summed E-state index contributed by atoms with van der Waals surface area (Å²) in [5, 5.41) is 12.0. The Morgan fingerprint density at radius 3 is 1.16 bits per heavy atom. The van der Waals surface area contributed by atoms with Gasteiger partial charge in [0.2, 0.25) is 11.6 Å². The molecule has 2 saturated heterocycles. The van der Waals surface area contributed by atoms with Gasteiger partial charge in [0.1, 0.15) is 42.7 Å². The van der Waals surface area contributed by atoms with E-state index < -0.39 is 123 Å². The van der Waals surface area contributed by atoms with Crippen molar-refractivity contribution in [3.8, 4) is 11.5 Å². The second-order valence-electron chi connectivity index (χ2n) is 28.6. The molecule has 2 aliphatic rings. The predicted molar refractivity (Wildman–Crippen MR) is 420 cm³/mol. The Hall–Kier alpha value is -8.02. The first kappa shape index (κ1) is 72.5. The highest BCUT2D eigenvalue weighted by Crippen LogP contribution is 2.54. The lowest BCUT2D eigenvalue weighted by Gasteiger charge is -2.58. The molecule has 0 saturated carbocycles. The number of hydrogen-bond acceptors (Lipinski definition) is 14. The molecule has 14 nitrogen and oxygen atoms in total. The standard InChI is InChI=1S/C90H96Cl2F2O14Si/c1-88(2,109(7,8)87-84(104-57-64-33-21-12-22-34-64)83(103-56-63-31-19-11-20-32-63)86(106-59-66-37-25-14-26-38-66)90(99-6,108-87)72-42-44-74(92)70(52-72)48-68-40-46-78(97-4)76(94)50-68)80(53-95)100-60-79-81(101-54-61-27-15-9-16-28-61)82(102-55-62-29-17-10-18-30-62)85(105-58-65-35-23-13-24-36-65)89(98-5,107-79)71-41-43-73(91)69(51-71)47-67-39-45-77(96-3)75(93)49-67/h9-46,49-52,79-87,95H,47-48,53-60H2,1-8H3/t79-,80?,81-,82+,83+,84+,85-,86-,87-,89+,90+/m1/s1/i3D3,4D3. The molecule has 572 valence electrons. The average Bonchev–Trinajstić information content (AvgIpc) is 0.720. The minimum absolute atomic E-state index is 0.0484. The Kier molecular flexibility index (Phi) is 24.8. The zero-order valence-electron chi connectivity index (χ0n) is 67.8. The molecule has 0 radical (unpaired) electrons. The first-order valence-corrected chi connectivity index (χ1v) is 40.2. The van der Waals surface area contributed by atoms with E-state index in [1.165, 1.54) is 31.4 Å². The van der Waals surface area contributed by atoms with Crippen LogP contribution < -0.4 is 9.47 Å².